The van der Waals surface area contributed by atoms with E-state index in [4.69, 9.17) is 0 Å². The van der Waals surface area contributed by atoms with Gasteiger partial charge in [-0.1, -0.05) is 24.8 Å². The molecule has 0 radical (unpaired) electrons. The number of likely N-dealkylation sites (tertiary alicyclic amines) is 1. The number of carbonyl (C=O) groups excluding carboxylic acids is 1. The molecule has 2 aliphatic rings. The van der Waals surface area contributed by atoms with E-state index in [1.807, 2.05) is 6.07 Å². The van der Waals surface area contributed by atoms with E-state index in [1.54, 1.807) is 30.4 Å². The lowest BCUT2D eigenvalue weighted by molar-refractivity contribution is -0.122. The van der Waals surface area contributed by atoms with Gasteiger partial charge in [-0.05, 0) is 57.9 Å². The fraction of sp³-hybridized carbons (Fsp3) is 0.462. The van der Waals surface area contributed by atoms with Crippen molar-refractivity contribution in [2.45, 2.75) is 44.3 Å². The van der Waals surface area contributed by atoms with Crippen LogP contribution in [0, 0.1) is 5.92 Å². The van der Waals surface area contributed by atoms with E-state index >= 15 is 0 Å². The van der Waals surface area contributed by atoms with Crippen LogP contribution < -0.4 is 10.6 Å². The monoisotopic (exact) mass is 472 g/mol. The molecule has 4 rings (SSSR count). The first-order chi connectivity index (χ1) is 16.1. The van der Waals surface area contributed by atoms with Crippen LogP contribution in [0.15, 0.2) is 36.9 Å². The highest BCUT2D eigenvalue weighted by atomic mass is 19.4. The normalized spacial score (nSPS) is 18.9. The Kier molecular flexibility index (Phi) is 6.71. The highest BCUT2D eigenvalue weighted by Crippen LogP contribution is 2.38. The molecular weight excluding hydrogens is 441 g/mol. The minimum absolute atomic E-state index is 0.0140. The molecule has 1 saturated carbocycles. The SMILES string of the molecule is C=C(c1nc(/C=C/CNC(=O)C2CC2)cc2c(NC3(C)CCN(C)CC3)cccc12)C(F)(F)F. The fourth-order valence-corrected chi connectivity index (χ4v) is 4.25. The number of rotatable bonds is 7. The van der Waals surface area contributed by atoms with Crippen LogP contribution in [-0.2, 0) is 4.79 Å². The van der Waals surface area contributed by atoms with Gasteiger partial charge >= 0.3 is 6.18 Å². The Morgan fingerprint density at radius 1 is 1.26 bits per heavy atom. The van der Waals surface area contributed by atoms with Crippen molar-refractivity contribution >= 4 is 34.0 Å². The lowest BCUT2D eigenvalue weighted by Gasteiger charge is -2.39. The van der Waals surface area contributed by atoms with Crippen LogP contribution in [0.1, 0.15) is 44.0 Å². The van der Waals surface area contributed by atoms with Crippen molar-refractivity contribution in [1.82, 2.24) is 15.2 Å². The number of amides is 1. The maximum Gasteiger partial charge on any atom is 0.417 e. The predicted molar refractivity (Wildman–Crippen MR) is 130 cm³/mol. The van der Waals surface area contributed by atoms with Gasteiger partial charge in [-0.2, -0.15) is 13.2 Å². The number of pyridine rings is 1. The fourth-order valence-electron chi connectivity index (χ4n) is 4.25. The minimum atomic E-state index is -4.59. The quantitative estimate of drug-likeness (QED) is 0.578. The highest BCUT2D eigenvalue weighted by molar-refractivity contribution is 6.01. The molecule has 8 heteroatoms. The zero-order valence-electron chi connectivity index (χ0n) is 19.6. The second kappa shape index (κ2) is 9.41. The average Bonchev–Trinajstić information content (AvgIpc) is 3.63. The summed E-state index contributed by atoms with van der Waals surface area (Å²) in [5.74, 6) is 0.114. The Hall–Kier alpha value is -2.87. The van der Waals surface area contributed by atoms with Gasteiger partial charge in [0.25, 0.3) is 0 Å². The topological polar surface area (TPSA) is 57.3 Å². The summed E-state index contributed by atoms with van der Waals surface area (Å²) in [7, 11) is 2.09. The summed E-state index contributed by atoms with van der Waals surface area (Å²) in [6.45, 7) is 7.66. The van der Waals surface area contributed by atoms with E-state index in [1.165, 1.54) is 0 Å². The molecule has 2 N–H and O–H groups in total. The highest BCUT2D eigenvalue weighted by Gasteiger charge is 2.35. The number of hydrogen-bond acceptors (Lipinski definition) is 4. The van der Waals surface area contributed by atoms with Gasteiger partial charge in [0, 0.05) is 47.6 Å². The molecule has 1 aliphatic carbocycles. The molecule has 1 saturated heterocycles. The number of anilines is 1. The van der Waals surface area contributed by atoms with Crippen molar-refractivity contribution in [3.8, 4) is 0 Å². The molecule has 2 aromatic rings. The number of halogens is 3. The number of benzene rings is 1. The molecule has 1 amide bonds. The Morgan fingerprint density at radius 2 is 1.97 bits per heavy atom. The minimum Gasteiger partial charge on any atom is -0.379 e. The van der Waals surface area contributed by atoms with Crippen LogP contribution >= 0.6 is 0 Å². The molecule has 1 aromatic heterocycles. The molecule has 1 aromatic carbocycles. The van der Waals surface area contributed by atoms with Crippen molar-refractivity contribution in [3.05, 3.63) is 48.3 Å². The molecule has 182 valence electrons. The van der Waals surface area contributed by atoms with Crippen LogP contribution in [0.4, 0.5) is 18.9 Å². The van der Waals surface area contributed by atoms with E-state index in [-0.39, 0.29) is 23.1 Å². The maximum absolute atomic E-state index is 13.6. The Bertz CT molecular complexity index is 1110. The third-order valence-corrected chi connectivity index (χ3v) is 6.68. The van der Waals surface area contributed by atoms with E-state index < -0.39 is 11.7 Å². The lowest BCUT2D eigenvalue weighted by Crippen LogP contribution is -2.45. The number of piperidine rings is 1. The zero-order valence-corrected chi connectivity index (χ0v) is 19.6. The maximum atomic E-state index is 13.6. The van der Waals surface area contributed by atoms with Crippen molar-refractivity contribution in [3.63, 3.8) is 0 Å². The Labute approximate surface area is 198 Å². The van der Waals surface area contributed by atoms with Crippen LogP contribution in [0.2, 0.25) is 0 Å². The third kappa shape index (κ3) is 5.60. The molecule has 2 heterocycles. The van der Waals surface area contributed by atoms with E-state index in [0.29, 0.717) is 23.0 Å². The Morgan fingerprint density at radius 3 is 2.62 bits per heavy atom. The lowest BCUT2D eigenvalue weighted by atomic mass is 9.89. The molecule has 0 spiro atoms. The summed E-state index contributed by atoms with van der Waals surface area (Å²) in [5, 5.41) is 7.50. The standard InChI is InChI=1S/C26H31F3N4O/c1-17(26(27,28)29)23-20-7-4-8-22(32-25(2)11-14-33(3)15-12-25)21(20)16-19(31-23)6-5-13-30-24(34)18-9-10-18/h4-8,16,18,32H,1,9-15H2,2-3H3,(H,30,34)/b6-5+. The van der Waals surface area contributed by atoms with Gasteiger partial charge in [-0.15, -0.1) is 0 Å². The number of fused-ring (bicyclic) bond motifs is 1. The van der Waals surface area contributed by atoms with Gasteiger partial charge in [0.2, 0.25) is 5.91 Å². The largest absolute Gasteiger partial charge is 0.417 e. The van der Waals surface area contributed by atoms with Crippen molar-refractivity contribution in [1.29, 1.82) is 0 Å². The van der Waals surface area contributed by atoms with Crippen LogP contribution in [0.5, 0.6) is 0 Å². The van der Waals surface area contributed by atoms with E-state index in [9.17, 15) is 18.0 Å². The van der Waals surface area contributed by atoms with E-state index in [0.717, 1.165) is 44.5 Å². The van der Waals surface area contributed by atoms with Gasteiger partial charge in [0.05, 0.1) is 17.0 Å². The number of aromatic nitrogens is 1. The van der Waals surface area contributed by atoms with Crippen molar-refractivity contribution in [2.24, 2.45) is 5.92 Å². The van der Waals surface area contributed by atoms with E-state index in [2.05, 4.69) is 41.1 Å². The number of allylic oxidation sites excluding steroid dienone is 1. The second-order valence-electron chi connectivity index (χ2n) is 9.68. The van der Waals surface area contributed by atoms with Crippen LogP contribution in [-0.4, -0.2) is 54.2 Å². The molecule has 2 fully saturated rings. The average molecular weight is 473 g/mol. The summed E-state index contributed by atoms with van der Waals surface area (Å²) >= 11 is 0. The first kappa shape index (κ1) is 24.3. The molecule has 34 heavy (non-hydrogen) atoms. The van der Waals surface area contributed by atoms with Gasteiger partial charge in [0.1, 0.15) is 0 Å². The summed E-state index contributed by atoms with van der Waals surface area (Å²) in [4.78, 5) is 18.4. The molecular formula is C26H31F3N4O. The second-order valence-corrected chi connectivity index (χ2v) is 9.68. The molecule has 1 aliphatic heterocycles. The predicted octanol–water partition coefficient (Wildman–Crippen LogP) is 5.25. The molecule has 0 bridgehead atoms. The summed E-state index contributed by atoms with van der Waals surface area (Å²) in [6, 6.07) is 7.10. The summed E-state index contributed by atoms with van der Waals surface area (Å²) < 4.78 is 40.9. The Balaban J connectivity index is 1.68. The molecule has 0 atom stereocenters. The first-order valence-corrected chi connectivity index (χ1v) is 11.7. The van der Waals surface area contributed by atoms with Gasteiger partial charge in [-0.25, -0.2) is 4.98 Å². The number of hydrogen-bond donors (Lipinski definition) is 2. The van der Waals surface area contributed by atoms with Crippen molar-refractivity contribution < 1.29 is 18.0 Å². The summed E-state index contributed by atoms with van der Waals surface area (Å²) in [5.41, 5.74) is -0.147. The first-order valence-electron chi connectivity index (χ1n) is 11.7. The molecule has 0 unspecified atom stereocenters. The molecule has 5 nitrogen and oxygen atoms in total. The zero-order chi connectivity index (χ0) is 24.5. The van der Waals surface area contributed by atoms with Gasteiger partial charge < -0.3 is 15.5 Å². The van der Waals surface area contributed by atoms with Gasteiger partial charge in [0.15, 0.2) is 0 Å². The van der Waals surface area contributed by atoms with Crippen LogP contribution in [0.3, 0.4) is 0 Å². The third-order valence-electron chi connectivity index (χ3n) is 6.68. The smallest absolute Gasteiger partial charge is 0.379 e. The number of nitrogens with zero attached hydrogens (tertiary/aromatic N) is 2. The van der Waals surface area contributed by atoms with Crippen molar-refractivity contribution in [2.75, 3.05) is 32.0 Å². The van der Waals surface area contributed by atoms with Crippen LogP contribution in [0.25, 0.3) is 22.4 Å². The summed E-state index contributed by atoms with van der Waals surface area (Å²) in [6.07, 6.45) is 2.45. The number of nitrogens with one attached hydrogen (secondary N) is 2. The number of alkyl halides is 3. The van der Waals surface area contributed by atoms with Gasteiger partial charge in [-0.3, -0.25) is 4.79 Å². The number of carbonyl (C=O) groups is 1.